The van der Waals surface area contributed by atoms with Crippen LogP contribution in [-0.2, 0) is 17.5 Å². The van der Waals surface area contributed by atoms with Crippen LogP contribution < -0.4 is 0 Å². The van der Waals surface area contributed by atoms with E-state index in [1.54, 1.807) is 12.3 Å². The van der Waals surface area contributed by atoms with Crippen LogP contribution in [0.3, 0.4) is 0 Å². The normalized spacial score (nSPS) is 17.6. The highest BCUT2D eigenvalue weighted by Crippen LogP contribution is 2.30. The number of aromatic nitrogens is 1. The van der Waals surface area contributed by atoms with E-state index in [1.165, 1.54) is 43.9 Å². The van der Waals surface area contributed by atoms with Crippen LogP contribution in [-0.4, -0.2) is 45.9 Å². The Morgan fingerprint density at radius 2 is 1.62 bits per heavy atom. The second kappa shape index (κ2) is 12.2. The van der Waals surface area contributed by atoms with Gasteiger partial charge in [0, 0.05) is 49.6 Å². The maximum Gasteiger partial charge on any atom is 0.416 e. The number of amides is 1. The third kappa shape index (κ3) is 6.95. The molecule has 0 spiro atoms. The average molecular weight is 534 g/mol. The van der Waals surface area contributed by atoms with Crippen molar-refractivity contribution in [3.8, 4) is 11.3 Å². The highest BCUT2D eigenvalue weighted by Gasteiger charge is 2.31. The minimum Gasteiger partial charge on any atom is -0.332 e. The molecule has 1 aliphatic heterocycles. The molecule has 5 rings (SSSR count). The predicted molar refractivity (Wildman–Crippen MR) is 148 cm³/mol. The molecule has 0 unspecified atom stereocenters. The van der Waals surface area contributed by atoms with E-state index >= 15 is 0 Å². The Bertz CT molecular complexity index is 1240. The lowest BCUT2D eigenvalue weighted by Crippen LogP contribution is -2.48. The lowest BCUT2D eigenvalue weighted by Gasteiger charge is -2.40. The van der Waals surface area contributed by atoms with Crippen LogP contribution >= 0.6 is 0 Å². The second-order valence-electron chi connectivity index (χ2n) is 10.5. The Hall–Kier alpha value is -3.45. The molecule has 2 aromatic carbocycles. The number of likely N-dealkylation sites (tertiary alicyclic amines) is 1. The van der Waals surface area contributed by atoms with Crippen molar-refractivity contribution in [2.75, 3.05) is 13.1 Å². The zero-order valence-corrected chi connectivity index (χ0v) is 22.0. The standard InChI is InChI=1S/C32H34F3N3O/c33-32(34,35)27-15-10-24(11-16-27)12-17-31(39)38(29-18-21-37(22-19-29)28-5-1-2-6-28)23-25-8-13-26(14-9-25)30-7-3-4-20-36-30/h3-4,7-17,20,28-29H,1-2,5-6,18-19,21-23H2/b17-12+. The Morgan fingerprint density at radius 3 is 2.23 bits per heavy atom. The molecule has 0 N–H and O–H groups in total. The predicted octanol–water partition coefficient (Wildman–Crippen LogP) is 7.22. The maximum absolute atomic E-state index is 13.5. The van der Waals surface area contributed by atoms with Gasteiger partial charge in [0.25, 0.3) is 0 Å². The summed E-state index contributed by atoms with van der Waals surface area (Å²) in [5.74, 6) is -0.122. The topological polar surface area (TPSA) is 36.4 Å². The Morgan fingerprint density at radius 1 is 0.923 bits per heavy atom. The van der Waals surface area contributed by atoms with Crippen LogP contribution in [0.25, 0.3) is 17.3 Å². The first kappa shape index (κ1) is 27.1. The van der Waals surface area contributed by atoms with Crippen molar-refractivity contribution in [1.29, 1.82) is 0 Å². The van der Waals surface area contributed by atoms with Gasteiger partial charge < -0.3 is 9.80 Å². The maximum atomic E-state index is 13.5. The van der Waals surface area contributed by atoms with Crippen molar-refractivity contribution in [1.82, 2.24) is 14.8 Å². The van der Waals surface area contributed by atoms with Gasteiger partial charge in [0.1, 0.15) is 0 Å². The molecule has 4 nitrogen and oxygen atoms in total. The first-order valence-corrected chi connectivity index (χ1v) is 13.8. The number of nitrogens with zero attached hydrogens (tertiary/aromatic N) is 3. The number of benzene rings is 2. The van der Waals surface area contributed by atoms with E-state index in [0.29, 0.717) is 18.2 Å². The molecule has 0 radical (unpaired) electrons. The van der Waals surface area contributed by atoms with Gasteiger partial charge in [0.2, 0.25) is 5.91 Å². The van der Waals surface area contributed by atoms with Gasteiger partial charge in [-0.25, -0.2) is 0 Å². The van der Waals surface area contributed by atoms with Crippen molar-refractivity contribution < 1.29 is 18.0 Å². The first-order chi connectivity index (χ1) is 18.9. The molecule has 1 aromatic heterocycles. The quantitative estimate of drug-likeness (QED) is 0.301. The van der Waals surface area contributed by atoms with Gasteiger partial charge in [0.15, 0.2) is 0 Å². The first-order valence-electron chi connectivity index (χ1n) is 13.8. The van der Waals surface area contributed by atoms with Crippen LogP contribution in [0.1, 0.15) is 55.2 Å². The van der Waals surface area contributed by atoms with E-state index in [9.17, 15) is 18.0 Å². The molecule has 0 bridgehead atoms. The number of pyridine rings is 1. The summed E-state index contributed by atoms with van der Waals surface area (Å²) in [6, 6.07) is 19.6. The summed E-state index contributed by atoms with van der Waals surface area (Å²) in [7, 11) is 0. The Labute approximate surface area is 228 Å². The van der Waals surface area contributed by atoms with Gasteiger partial charge in [-0.05, 0) is 67.2 Å². The monoisotopic (exact) mass is 533 g/mol. The number of piperidine rings is 1. The number of rotatable bonds is 7. The van der Waals surface area contributed by atoms with Crippen molar-refractivity contribution in [3.05, 3.63) is 95.7 Å². The van der Waals surface area contributed by atoms with Crippen LogP contribution in [0.5, 0.6) is 0 Å². The SMILES string of the molecule is O=C(/C=C/c1ccc(C(F)(F)F)cc1)N(Cc1ccc(-c2ccccn2)cc1)C1CCN(C2CCCC2)CC1. The lowest BCUT2D eigenvalue weighted by atomic mass is 9.99. The summed E-state index contributed by atoms with van der Waals surface area (Å²) in [5, 5.41) is 0. The molecule has 1 saturated heterocycles. The summed E-state index contributed by atoms with van der Waals surface area (Å²) in [4.78, 5) is 22.4. The van der Waals surface area contributed by atoms with Crippen molar-refractivity contribution in [2.24, 2.45) is 0 Å². The van der Waals surface area contributed by atoms with Crippen molar-refractivity contribution >= 4 is 12.0 Å². The number of carbonyl (C=O) groups is 1. The Balaban J connectivity index is 1.31. The molecule has 2 heterocycles. The minimum atomic E-state index is -4.38. The van der Waals surface area contributed by atoms with E-state index in [-0.39, 0.29) is 11.9 Å². The fourth-order valence-corrected chi connectivity index (χ4v) is 5.78. The molecule has 7 heteroatoms. The minimum absolute atomic E-state index is 0.114. The zero-order chi connectivity index (χ0) is 27.2. The number of halogens is 3. The van der Waals surface area contributed by atoms with Crippen molar-refractivity contribution in [3.63, 3.8) is 0 Å². The van der Waals surface area contributed by atoms with E-state index in [2.05, 4.69) is 9.88 Å². The average Bonchev–Trinajstić information content (AvgIpc) is 3.51. The van der Waals surface area contributed by atoms with Gasteiger partial charge in [0.05, 0.1) is 11.3 Å². The summed E-state index contributed by atoms with van der Waals surface area (Å²) in [5.41, 5.74) is 2.81. The number of alkyl halides is 3. The molecule has 1 saturated carbocycles. The largest absolute Gasteiger partial charge is 0.416 e. The molecule has 0 atom stereocenters. The summed E-state index contributed by atoms with van der Waals surface area (Å²) >= 11 is 0. The molecule has 1 amide bonds. The molecule has 204 valence electrons. The number of hydrogen-bond donors (Lipinski definition) is 0. The smallest absolute Gasteiger partial charge is 0.332 e. The van der Waals surface area contributed by atoms with E-state index in [4.69, 9.17) is 0 Å². The molecule has 39 heavy (non-hydrogen) atoms. The summed E-state index contributed by atoms with van der Waals surface area (Å²) in [6.45, 7) is 2.45. The molecular formula is C32H34F3N3O. The molecule has 2 fully saturated rings. The second-order valence-corrected chi connectivity index (χ2v) is 10.5. The van der Waals surface area contributed by atoms with Gasteiger partial charge in [-0.2, -0.15) is 13.2 Å². The molecule has 3 aromatic rings. The number of hydrogen-bond acceptors (Lipinski definition) is 3. The fraction of sp³-hybridized carbons (Fsp3) is 0.375. The number of carbonyl (C=O) groups excluding carboxylic acids is 1. The highest BCUT2D eigenvalue weighted by atomic mass is 19.4. The zero-order valence-electron chi connectivity index (χ0n) is 22.0. The van der Waals surface area contributed by atoms with Crippen molar-refractivity contribution in [2.45, 2.75) is 63.3 Å². The summed E-state index contributed by atoms with van der Waals surface area (Å²) < 4.78 is 38.7. The van der Waals surface area contributed by atoms with Crippen LogP contribution in [0.2, 0.25) is 0 Å². The van der Waals surface area contributed by atoms with E-state index in [1.807, 2.05) is 47.4 Å². The van der Waals surface area contributed by atoms with Gasteiger partial charge in [-0.3, -0.25) is 9.78 Å². The highest BCUT2D eigenvalue weighted by molar-refractivity contribution is 5.92. The van der Waals surface area contributed by atoms with Crippen LogP contribution in [0.4, 0.5) is 13.2 Å². The third-order valence-electron chi connectivity index (χ3n) is 7.99. The third-order valence-corrected chi connectivity index (χ3v) is 7.99. The lowest BCUT2D eigenvalue weighted by molar-refractivity contribution is -0.137. The molecule has 2 aliphatic rings. The van der Waals surface area contributed by atoms with Gasteiger partial charge in [-0.1, -0.05) is 55.3 Å². The molecule has 1 aliphatic carbocycles. The molecular weight excluding hydrogens is 499 g/mol. The summed E-state index contributed by atoms with van der Waals surface area (Å²) in [6.07, 6.45) is 7.47. The van der Waals surface area contributed by atoms with Gasteiger partial charge in [-0.15, -0.1) is 0 Å². The Kier molecular flexibility index (Phi) is 8.46. The van der Waals surface area contributed by atoms with Crippen LogP contribution in [0.15, 0.2) is 79.0 Å². The van der Waals surface area contributed by atoms with E-state index in [0.717, 1.165) is 54.9 Å². The van der Waals surface area contributed by atoms with Gasteiger partial charge >= 0.3 is 6.18 Å². The van der Waals surface area contributed by atoms with Crippen LogP contribution in [0, 0.1) is 0 Å². The van der Waals surface area contributed by atoms with E-state index < -0.39 is 11.7 Å². The fourth-order valence-electron chi connectivity index (χ4n) is 5.78.